The lowest BCUT2D eigenvalue weighted by atomic mass is 9.97. The molecule has 0 radical (unpaired) electrons. The molecule has 3 fully saturated rings. The van der Waals surface area contributed by atoms with E-state index < -0.39 is 0 Å². The van der Waals surface area contributed by atoms with Gasteiger partial charge in [-0.2, -0.15) is 0 Å². The van der Waals surface area contributed by atoms with Crippen molar-refractivity contribution in [2.45, 2.75) is 63.8 Å². The molecule has 0 aromatic rings. The Morgan fingerprint density at radius 1 is 1.12 bits per heavy atom. The van der Waals surface area contributed by atoms with Crippen LogP contribution < -0.4 is 5.32 Å². The van der Waals surface area contributed by atoms with Crippen molar-refractivity contribution in [1.82, 2.24) is 15.1 Å². The van der Waals surface area contributed by atoms with Crippen molar-refractivity contribution in [3.63, 3.8) is 0 Å². The summed E-state index contributed by atoms with van der Waals surface area (Å²) < 4.78 is 0. The largest absolute Gasteiger partial charge is 0.321 e. The van der Waals surface area contributed by atoms with Crippen LogP contribution in [0.25, 0.3) is 0 Å². The maximum absolute atomic E-state index is 12.2. The summed E-state index contributed by atoms with van der Waals surface area (Å²) >= 11 is 0. The van der Waals surface area contributed by atoms with Gasteiger partial charge in [-0.25, -0.2) is 0 Å². The van der Waals surface area contributed by atoms with Crippen molar-refractivity contribution < 1.29 is 4.79 Å². The zero-order valence-electron chi connectivity index (χ0n) is 10.9. The summed E-state index contributed by atoms with van der Waals surface area (Å²) in [6.07, 6.45) is 5.31. The Labute approximate surface area is 103 Å². The molecule has 3 aliphatic heterocycles. The van der Waals surface area contributed by atoms with E-state index in [-0.39, 0.29) is 12.2 Å². The van der Waals surface area contributed by atoms with Crippen LogP contribution in [0, 0.1) is 0 Å². The van der Waals surface area contributed by atoms with Crippen molar-refractivity contribution in [3.8, 4) is 0 Å². The van der Waals surface area contributed by atoms with Crippen LogP contribution in [0.15, 0.2) is 0 Å². The monoisotopic (exact) mass is 237 g/mol. The molecule has 4 heteroatoms. The molecule has 0 spiro atoms. The van der Waals surface area contributed by atoms with Crippen LogP contribution in [-0.4, -0.2) is 53.1 Å². The Morgan fingerprint density at radius 2 is 1.94 bits per heavy atom. The maximum Gasteiger partial charge on any atom is 0.241 e. The van der Waals surface area contributed by atoms with Crippen LogP contribution in [-0.2, 0) is 4.79 Å². The highest BCUT2D eigenvalue weighted by molar-refractivity contribution is 5.84. The number of carbonyl (C=O) groups excluding carboxylic acids is 1. The van der Waals surface area contributed by atoms with E-state index in [0.717, 1.165) is 6.42 Å². The molecule has 17 heavy (non-hydrogen) atoms. The third-order valence-corrected chi connectivity index (χ3v) is 4.71. The van der Waals surface area contributed by atoms with E-state index in [2.05, 4.69) is 22.0 Å². The van der Waals surface area contributed by atoms with Gasteiger partial charge in [0.15, 0.2) is 0 Å². The number of piperidine rings is 1. The third-order valence-electron chi connectivity index (χ3n) is 4.71. The fourth-order valence-corrected chi connectivity index (χ4v) is 3.92. The van der Waals surface area contributed by atoms with Crippen LogP contribution in [0.1, 0.15) is 39.5 Å². The first-order valence-corrected chi connectivity index (χ1v) is 7.01. The van der Waals surface area contributed by atoms with Crippen molar-refractivity contribution in [2.75, 3.05) is 13.1 Å². The number of hydrogen-bond acceptors (Lipinski definition) is 3. The summed E-state index contributed by atoms with van der Waals surface area (Å²) in [5.41, 5.74) is 0. The molecule has 4 unspecified atom stereocenters. The molecule has 1 amide bonds. The number of amides is 1. The van der Waals surface area contributed by atoms with Crippen LogP contribution in [0.4, 0.5) is 0 Å². The van der Waals surface area contributed by atoms with Gasteiger partial charge in [-0.05, 0) is 39.7 Å². The number of carbonyl (C=O) groups is 1. The number of nitrogens with one attached hydrogen (secondary N) is 1. The van der Waals surface area contributed by atoms with E-state index in [9.17, 15) is 4.79 Å². The van der Waals surface area contributed by atoms with Gasteiger partial charge in [0.2, 0.25) is 5.91 Å². The van der Waals surface area contributed by atoms with Crippen molar-refractivity contribution in [3.05, 3.63) is 0 Å². The van der Waals surface area contributed by atoms with E-state index >= 15 is 0 Å². The lowest BCUT2D eigenvalue weighted by Crippen LogP contribution is -2.50. The van der Waals surface area contributed by atoms with Gasteiger partial charge in [-0.1, -0.05) is 6.42 Å². The Balaban J connectivity index is 1.78. The fraction of sp³-hybridized carbons (Fsp3) is 0.923. The molecule has 0 aromatic heterocycles. The lowest BCUT2D eigenvalue weighted by molar-refractivity contribution is -0.132. The lowest BCUT2D eigenvalue weighted by Gasteiger charge is -2.37. The molecule has 0 saturated carbocycles. The zero-order chi connectivity index (χ0) is 12.0. The van der Waals surface area contributed by atoms with Crippen LogP contribution in [0.5, 0.6) is 0 Å². The van der Waals surface area contributed by atoms with E-state index in [1.165, 1.54) is 32.4 Å². The molecule has 0 aliphatic carbocycles. The van der Waals surface area contributed by atoms with Crippen molar-refractivity contribution >= 4 is 5.91 Å². The second kappa shape index (κ2) is 4.25. The molecule has 3 rings (SSSR count). The molecule has 3 heterocycles. The third kappa shape index (κ3) is 1.78. The van der Waals surface area contributed by atoms with Gasteiger partial charge in [-0.3, -0.25) is 15.0 Å². The molecule has 0 aromatic carbocycles. The van der Waals surface area contributed by atoms with E-state index in [0.29, 0.717) is 18.0 Å². The standard InChI is InChI=1S/C13H23N3O/c1-9-13(17)16(10(2)14-9)12-6-8-15-7-4-3-5-11(12)15/h9-12,14H,3-8H2,1-2H3. The summed E-state index contributed by atoms with van der Waals surface area (Å²) in [6, 6.07) is 1.08. The Kier molecular flexibility index (Phi) is 2.87. The Hall–Kier alpha value is -0.610. The van der Waals surface area contributed by atoms with Crippen LogP contribution in [0.3, 0.4) is 0 Å². The predicted octanol–water partition coefficient (Wildman–Crippen LogP) is 0.779. The molecule has 3 aliphatic rings. The summed E-state index contributed by atoms with van der Waals surface area (Å²) in [6.45, 7) is 6.51. The zero-order valence-corrected chi connectivity index (χ0v) is 10.9. The molecule has 4 nitrogen and oxygen atoms in total. The normalized spacial score (nSPS) is 43.2. The summed E-state index contributed by atoms with van der Waals surface area (Å²) in [4.78, 5) is 16.9. The van der Waals surface area contributed by atoms with E-state index in [1.807, 2.05) is 6.92 Å². The number of hydrogen-bond donors (Lipinski definition) is 1. The molecule has 3 saturated heterocycles. The van der Waals surface area contributed by atoms with Gasteiger partial charge in [0.05, 0.1) is 18.2 Å². The maximum atomic E-state index is 12.2. The smallest absolute Gasteiger partial charge is 0.241 e. The minimum atomic E-state index is 0.00244. The van der Waals surface area contributed by atoms with Gasteiger partial charge in [-0.15, -0.1) is 0 Å². The molecule has 1 N–H and O–H groups in total. The predicted molar refractivity (Wildman–Crippen MR) is 66.5 cm³/mol. The first-order valence-electron chi connectivity index (χ1n) is 7.01. The molecule has 4 atom stereocenters. The second-order valence-corrected chi connectivity index (χ2v) is 5.76. The Bertz CT molecular complexity index is 320. The average molecular weight is 237 g/mol. The second-order valence-electron chi connectivity index (χ2n) is 5.76. The van der Waals surface area contributed by atoms with Crippen LogP contribution >= 0.6 is 0 Å². The van der Waals surface area contributed by atoms with Crippen molar-refractivity contribution in [2.24, 2.45) is 0 Å². The minimum Gasteiger partial charge on any atom is -0.321 e. The first kappa shape index (κ1) is 11.5. The minimum absolute atomic E-state index is 0.00244. The summed E-state index contributed by atoms with van der Waals surface area (Å²) in [5, 5.41) is 3.35. The summed E-state index contributed by atoms with van der Waals surface area (Å²) in [5.74, 6) is 0.301. The fourth-order valence-electron chi connectivity index (χ4n) is 3.92. The van der Waals surface area contributed by atoms with Gasteiger partial charge in [0.25, 0.3) is 0 Å². The van der Waals surface area contributed by atoms with Crippen molar-refractivity contribution in [1.29, 1.82) is 0 Å². The van der Waals surface area contributed by atoms with Gasteiger partial charge in [0, 0.05) is 12.6 Å². The highest BCUT2D eigenvalue weighted by Gasteiger charge is 2.45. The molecule has 0 bridgehead atoms. The molecular weight excluding hydrogens is 214 g/mol. The van der Waals surface area contributed by atoms with E-state index in [4.69, 9.17) is 0 Å². The SMILES string of the molecule is CC1NC(C)N(C2CCN3CCCCC23)C1=O. The van der Waals surface area contributed by atoms with Gasteiger partial charge >= 0.3 is 0 Å². The average Bonchev–Trinajstić information content (AvgIpc) is 2.82. The highest BCUT2D eigenvalue weighted by atomic mass is 16.2. The number of nitrogens with zero attached hydrogens (tertiary/aromatic N) is 2. The van der Waals surface area contributed by atoms with Gasteiger partial charge in [0.1, 0.15) is 0 Å². The number of fused-ring (bicyclic) bond motifs is 1. The first-order chi connectivity index (χ1) is 8.18. The highest BCUT2D eigenvalue weighted by Crippen LogP contribution is 2.32. The molecule has 96 valence electrons. The van der Waals surface area contributed by atoms with Gasteiger partial charge < -0.3 is 4.90 Å². The Morgan fingerprint density at radius 3 is 2.65 bits per heavy atom. The molecular formula is C13H23N3O. The van der Waals surface area contributed by atoms with E-state index in [1.54, 1.807) is 0 Å². The topological polar surface area (TPSA) is 35.6 Å². The summed E-state index contributed by atoms with van der Waals surface area (Å²) in [7, 11) is 0. The number of rotatable bonds is 1. The van der Waals surface area contributed by atoms with Crippen LogP contribution in [0.2, 0.25) is 0 Å². The quantitative estimate of drug-likeness (QED) is 0.732.